The van der Waals surface area contributed by atoms with Gasteiger partial charge in [-0.2, -0.15) is 13.2 Å². The van der Waals surface area contributed by atoms with Crippen LogP contribution in [0.2, 0.25) is 0 Å². The van der Waals surface area contributed by atoms with Crippen molar-refractivity contribution < 1.29 is 31.9 Å². The van der Waals surface area contributed by atoms with Crippen molar-refractivity contribution in [3.05, 3.63) is 34.4 Å². The molecule has 1 N–H and O–H groups in total. The van der Waals surface area contributed by atoms with Crippen LogP contribution in [-0.4, -0.2) is 23.4 Å². The molecule has 0 unspecified atom stereocenters. The largest absolute Gasteiger partial charge is 0.478 e. The molecule has 1 aromatic rings. The normalized spacial score (nSPS) is 21.4. The minimum atomic E-state index is -4.97. The van der Waals surface area contributed by atoms with E-state index in [1.165, 1.54) is 12.1 Å². The van der Waals surface area contributed by atoms with E-state index < -0.39 is 36.4 Å². The maximum Gasteiger partial charge on any atom is 0.430 e. The van der Waals surface area contributed by atoms with E-state index in [0.717, 1.165) is 6.08 Å². The molecule has 2 rings (SSSR count). The SMILES string of the molecule is [2H]C([2H])([2H])c1cc(C)cc2c1O[C@H](C(F)(F)F)C(C(=O)O)=C2. The van der Waals surface area contributed by atoms with Crippen LogP contribution in [-0.2, 0) is 4.79 Å². The molecule has 0 amide bonds. The lowest BCUT2D eigenvalue weighted by Crippen LogP contribution is -2.40. The highest BCUT2D eigenvalue weighted by Crippen LogP contribution is 2.39. The zero-order chi connectivity index (χ0) is 16.9. The maximum absolute atomic E-state index is 13.0. The van der Waals surface area contributed by atoms with E-state index in [1.54, 1.807) is 6.92 Å². The van der Waals surface area contributed by atoms with Gasteiger partial charge in [0.25, 0.3) is 0 Å². The quantitative estimate of drug-likeness (QED) is 0.856. The van der Waals surface area contributed by atoms with E-state index in [2.05, 4.69) is 0 Å². The summed E-state index contributed by atoms with van der Waals surface area (Å²) in [6, 6.07) is 2.58. The van der Waals surface area contributed by atoms with Crippen LogP contribution < -0.4 is 4.74 Å². The molecule has 1 heterocycles. The number of rotatable bonds is 1. The molecule has 1 aromatic carbocycles. The van der Waals surface area contributed by atoms with Crippen LogP contribution in [0.15, 0.2) is 17.7 Å². The minimum Gasteiger partial charge on any atom is -0.478 e. The number of hydrogen-bond donors (Lipinski definition) is 1. The second-order valence-corrected chi connectivity index (χ2v) is 4.18. The second-order valence-electron chi connectivity index (χ2n) is 4.18. The minimum absolute atomic E-state index is 0.00373. The third-order valence-corrected chi connectivity index (χ3v) is 2.64. The Balaban J connectivity index is 2.71. The first-order valence-corrected chi connectivity index (χ1v) is 5.24. The van der Waals surface area contributed by atoms with Crippen molar-refractivity contribution in [2.45, 2.75) is 26.1 Å². The first kappa shape index (κ1) is 9.89. The molecule has 102 valence electrons. The smallest absolute Gasteiger partial charge is 0.430 e. The number of alkyl halides is 3. The third kappa shape index (κ3) is 2.43. The molecule has 0 aromatic heterocycles. The van der Waals surface area contributed by atoms with Crippen molar-refractivity contribution in [1.29, 1.82) is 0 Å². The fraction of sp³-hybridized carbons (Fsp3) is 0.308. The average Bonchev–Trinajstić information content (AvgIpc) is 2.33. The number of carbonyl (C=O) groups is 1. The average molecular weight is 275 g/mol. The number of fused-ring (bicyclic) bond motifs is 1. The number of benzene rings is 1. The first-order chi connectivity index (χ1) is 9.91. The monoisotopic (exact) mass is 275 g/mol. The number of aryl methyl sites for hydroxylation is 2. The summed E-state index contributed by atoms with van der Waals surface area (Å²) in [7, 11) is 0. The van der Waals surface area contributed by atoms with E-state index in [9.17, 15) is 18.0 Å². The van der Waals surface area contributed by atoms with Gasteiger partial charge in [0, 0.05) is 9.68 Å². The molecule has 0 aliphatic carbocycles. The molecule has 0 radical (unpaired) electrons. The van der Waals surface area contributed by atoms with Crippen LogP contribution in [0.4, 0.5) is 13.2 Å². The Hall–Kier alpha value is -1.98. The fourth-order valence-corrected chi connectivity index (χ4v) is 1.88. The van der Waals surface area contributed by atoms with Crippen LogP contribution in [0.1, 0.15) is 20.8 Å². The fourth-order valence-electron chi connectivity index (χ4n) is 1.88. The van der Waals surface area contributed by atoms with Crippen molar-refractivity contribution in [3.63, 3.8) is 0 Å². The summed E-state index contributed by atoms with van der Waals surface area (Å²) in [5.74, 6) is -2.23. The highest BCUT2D eigenvalue weighted by molar-refractivity contribution is 5.95. The predicted molar refractivity (Wildman–Crippen MR) is 62.0 cm³/mol. The highest BCUT2D eigenvalue weighted by atomic mass is 19.4. The number of halogens is 3. The van der Waals surface area contributed by atoms with Gasteiger partial charge in [0.1, 0.15) is 5.75 Å². The Kier molecular flexibility index (Phi) is 2.23. The Morgan fingerprint density at radius 2 is 2.16 bits per heavy atom. The molecule has 1 aliphatic heterocycles. The summed E-state index contributed by atoms with van der Waals surface area (Å²) in [6.45, 7) is -1.12. The van der Waals surface area contributed by atoms with Crippen LogP contribution in [0.3, 0.4) is 0 Å². The van der Waals surface area contributed by atoms with Crippen molar-refractivity contribution in [2.75, 3.05) is 0 Å². The maximum atomic E-state index is 13.0. The topological polar surface area (TPSA) is 46.5 Å². The Morgan fingerprint density at radius 1 is 1.47 bits per heavy atom. The third-order valence-electron chi connectivity index (χ3n) is 2.64. The summed E-state index contributed by atoms with van der Waals surface area (Å²) in [4.78, 5) is 11.0. The van der Waals surface area contributed by atoms with Gasteiger partial charge in [0.2, 0.25) is 6.10 Å². The second kappa shape index (κ2) is 4.29. The van der Waals surface area contributed by atoms with Crippen LogP contribution in [0.5, 0.6) is 5.75 Å². The molecule has 0 fully saturated rings. The number of carboxylic acid groups (broad SMARTS) is 1. The molecule has 1 atom stereocenters. The molecule has 3 nitrogen and oxygen atoms in total. The number of ether oxygens (including phenoxy) is 1. The lowest BCUT2D eigenvalue weighted by Gasteiger charge is -2.28. The first-order valence-electron chi connectivity index (χ1n) is 6.74. The molecule has 6 heteroatoms. The molecule has 0 saturated heterocycles. The van der Waals surface area contributed by atoms with E-state index in [-0.39, 0.29) is 11.1 Å². The predicted octanol–water partition coefficient (Wildman–Crippen LogP) is 3.09. The zero-order valence-electron chi connectivity index (χ0n) is 12.7. The van der Waals surface area contributed by atoms with Gasteiger partial charge in [0.15, 0.2) is 0 Å². The summed E-state index contributed by atoms with van der Waals surface area (Å²) < 4.78 is 65.9. The number of hydrogen-bond acceptors (Lipinski definition) is 2. The summed E-state index contributed by atoms with van der Waals surface area (Å²) >= 11 is 0. The van der Waals surface area contributed by atoms with Crippen LogP contribution in [0.25, 0.3) is 6.08 Å². The van der Waals surface area contributed by atoms with Crippen molar-refractivity contribution in [2.24, 2.45) is 0 Å². The highest BCUT2D eigenvalue weighted by Gasteiger charge is 2.48. The van der Waals surface area contributed by atoms with E-state index >= 15 is 0 Å². The number of aliphatic carboxylic acids is 1. The van der Waals surface area contributed by atoms with Gasteiger partial charge in [-0.05, 0) is 31.5 Å². The molecular weight excluding hydrogens is 261 g/mol. The molecule has 0 saturated carbocycles. The van der Waals surface area contributed by atoms with Gasteiger partial charge >= 0.3 is 12.1 Å². The van der Waals surface area contributed by atoms with Crippen LogP contribution in [0, 0.1) is 13.8 Å². The van der Waals surface area contributed by atoms with Crippen molar-refractivity contribution in [3.8, 4) is 5.75 Å². The van der Waals surface area contributed by atoms with Gasteiger partial charge in [-0.3, -0.25) is 0 Å². The van der Waals surface area contributed by atoms with Gasteiger partial charge in [-0.1, -0.05) is 11.6 Å². The summed E-state index contributed by atoms with van der Waals surface area (Å²) in [5.41, 5.74) is -0.886. The van der Waals surface area contributed by atoms with Gasteiger partial charge in [-0.25, -0.2) is 4.79 Å². The zero-order valence-corrected chi connectivity index (χ0v) is 9.71. The Labute approximate surface area is 111 Å². The molecule has 0 bridgehead atoms. The van der Waals surface area contributed by atoms with Crippen LogP contribution >= 0.6 is 0 Å². The lowest BCUT2D eigenvalue weighted by molar-refractivity contribution is -0.187. The lowest BCUT2D eigenvalue weighted by atomic mass is 9.97. The van der Waals surface area contributed by atoms with E-state index in [1.807, 2.05) is 0 Å². The Morgan fingerprint density at radius 3 is 2.68 bits per heavy atom. The van der Waals surface area contributed by atoms with Crippen molar-refractivity contribution >= 4 is 12.0 Å². The number of carboxylic acids is 1. The van der Waals surface area contributed by atoms with Gasteiger partial charge < -0.3 is 9.84 Å². The van der Waals surface area contributed by atoms with Crippen molar-refractivity contribution in [1.82, 2.24) is 0 Å². The van der Waals surface area contributed by atoms with E-state index in [0.29, 0.717) is 5.56 Å². The van der Waals surface area contributed by atoms with Gasteiger partial charge in [-0.15, -0.1) is 0 Å². The molecule has 1 aliphatic rings. The van der Waals surface area contributed by atoms with E-state index in [4.69, 9.17) is 14.0 Å². The molecular formula is C13H11F3O3. The summed E-state index contributed by atoms with van der Waals surface area (Å²) in [6.07, 6.45) is -6.87. The standard InChI is InChI=1S/C13H11F3O3/c1-6-3-7(2)10-8(4-6)5-9(12(17)18)11(19-10)13(14,15)16/h3-5,11H,1-2H3,(H,17,18)/t11-/m0/s1/i2D3. The Bertz CT molecular complexity index is 663. The summed E-state index contributed by atoms with van der Waals surface area (Å²) in [5, 5.41) is 8.94. The molecule has 19 heavy (non-hydrogen) atoms. The van der Waals surface area contributed by atoms with Gasteiger partial charge in [0.05, 0.1) is 5.57 Å². The molecule has 0 spiro atoms.